The predicted molar refractivity (Wildman–Crippen MR) is 54.6 cm³/mol. The molecule has 3 heteroatoms. The fraction of sp³-hybridized carbons (Fsp3) is 0.182. The molecule has 14 heavy (non-hydrogen) atoms. The molecule has 0 aliphatic carbocycles. The molecule has 0 saturated carbocycles. The van der Waals surface area contributed by atoms with Crippen molar-refractivity contribution in [3.63, 3.8) is 0 Å². The number of nitrogens with one attached hydrogen (secondary N) is 1. The molecule has 0 saturated heterocycles. The second-order valence-electron chi connectivity index (χ2n) is 3.21. The maximum Gasteiger partial charge on any atom is 0.182 e. The van der Waals surface area contributed by atoms with Gasteiger partial charge in [-0.05, 0) is 0 Å². The molecule has 1 aliphatic heterocycles. The van der Waals surface area contributed by atoms with Gasteiger partial charge >= 0.3 is 0 Å². The van der Waals surface area contributed by atoms with Crippen molar-refractivity contribution in [3.05, 3.63) is 48.3 Å². The van der Waals surface area contributed by atoms with Gasteiger partial charge in [0.15, 0.2) is 5.78 Å². The van der Waals surface area contributed by atoms with Crippen molar-refractivity contribution in [3.8, 4) is 0 Å². The average Bonchev–Trinajstić information content (AvgIpc) is 2.72. The lowest BCUT2D eigenvalue weighted by atomic mass is 10.1. The van der Waals surface area contributed by atoms with E-state index in [0.717, 1.165) is 12.2 Å². The van der Waals surface area contributed by atoms with E-state index in [9.17, 15) is 4.79 Å². The Morgan fingerprint density at radius 1 is 1.36 bits per heavy atom. The van der Waals surface area contributed by atoms with Crippen LogP contribution in [0.15, 0.2) is 42.7 Å². The standard InChI is InChI=1S/C11H12N2O/c14-11(8-13-7-6-12-9-13)10-4-2-1-3-5-10/h1-7,12H,8-9H2. The van der Waals surface area contributed by atoms with Crippen LogP contribution in [0, 0.1) is 0 Å². The highest BCUT2D eigenvalue weighted by atomic mass is 16.1. The number of hydrogen-bond acceptors (Lipinski definition) is 3. The van der Waals surface area contributed by atoms with Crippen LogP contribution in [0.25, 0.3) is 0 Å². The van der Waals surface area contributed by atoms with E-state index in [-0.39, 0.29) is 5.78 Å². The SMILES string of the molecule is O=C(CN1C=CNC1)c1ccccc1. The van der Waals surface area contributed by atoms with E-state index in [4.69, 9.17) is 0 Å². The summed E-state index contributed by atoms with van der Waals surface area (Å²) in [6, 6.07) is 9.36. The summed E-state index contributed by atoms with van der Waals surface area (Å²) in [6.07, 6.45) is 3.74. The van der Waals surface area contributed by atoms with E-state index >= 15 is 0 Å². The number of carbonyl (C=O) groups is 1. The summed E-state index contributed by atoms with van der Waals surface area (Å²) in [5.74, 6) is 0.152. The van der Waals surface area contributed by atoms with E-state index in [0.29, 0.717) is 6.54 Å². The summed E-state index contributed by atoms with van der Waals surface area (Å²) in [5.41, 5.74) is 0.771. The topological polar surface area (TPSA) is 32.3 Å². The molecular weight excluding hydrogens is 176 g/mol. The van der Waals surface area contributed by atoms with Gasteiger partial charge in [-0.1, -0.05) is 30.3 Å². The van der Waals surface area contributed by atoms with Crippen LogP contribution >= 0.6 is 0 Å². The van der Waals surface area contributed by atoms with E-state index in [1.54, 1.807) is 0 Å². The van der Waals surface area contributed by atoms with Gasteiger partial charge in [0, 0.05) is 18.0 Å². The minimum atomic E-state index is 0.152. The van der Waals surface area contributed by atoms with Crippen LogP contribution in [0.2, 0.25) is 0 Å². The molecule has 0 fully saturated rings. The van der Waals surface area contributed by atoms with Gasteiger partial charge in [0.1, 0.15) is 0 Å². The van der Waals surface area contributed by atoms with Gasteiger partial charge in [-0.25, -0.2) is 0 Å². The molecule has 0 amide bonds. The Morgan fingerprint density at radius 3 is 2.79 bits per heavy atom. The van der Waals surface area contributed by atoms with E-state index in [1.165, 1.54) is 0 Å². The van der Waals surface area contributed by atoms with Gasteiger partial charge in [0.2, 0.25) is 0 Å². The number of nitrogens with zero attached hydrogens (tertiary/aromatic N) is 1. The van der Waals surface area contributed by atoms with Crippen molar-refractivity contribution in [1.82, 2.24) is 10.2 Å². The van der Waals surface area contributed by atoms with Gasteiger partial charge < -0.3 is 10.2 Å². The summed E-state index contributed by atoms with van der Waals surface area (Å²) in [5, 5.41) is 3.02. The molecule has 2 rings (SSSR count). The van der Waals surface area contributed by atoms with Crippen LogP contribution < -0.4 is 5.32 Å². The average molecular weight is 188 g/mol. The molecule has 1 aliphatic rings. The first-order chi connectivity index (χ1) is 6.86. The van der Waals surface area contributed by atoms with Crippen molar-refractivity contribution in [2.75, 3.05) is 13.2 Å². The fourth-order valence-electron chi connectivity index (χ4n) is 1.39. The van der Waals surface area contributed by atoms with Crippen molar-refractivity contribution < 1.29 is 4.79 Å². The van der Waals surface area contributed by atoms with Gasteiger partial charge in [0.05, 0.1) is 13.2 Å². The monoisotopic (exact) mass is 188 g/mol. The lowest BCUT2D eigenvalue weighted by molar-refractivity contribution is 0.0957. The highest BCUT2D eigenvalue weighted by molar-refractivity contribution is 5.97. The Labute approximate surface area is 83.0 Å². The van der Waals surface area contributed by atoms with Crippen LogP contribution in [0.1, 0.15) is 10.4 Å². The molecule has 0 unspecified atom stereocenters. The smallest absolute Gasteiger partial charge is 0.182 e. The fourth-order valence-corrected chi connectivity index (χ4v) is 1.39. The minimum absolute atomic E-state index is 0.152. The molecule has 1 aromatic carbocycles. The van der Waals surface area contributed by atoms with E-state index in [2.05, 4.69) is 5.32 Å². The van der Waals surface area contributed by atoms with Crippen LogP contribution in [0.5, 0.6) is 0 Å². The van der Waals surface area contributed by atoms with Crippen molar-refractivity contribution >= 4 is 5.78 Å². The zero-order chi connectivity index (χ0) is 9.80. The van der Waals surface area contributed by atoms with Crippen molar-refractivity contribution in [2.24, 2.45) is 0 Å². The summed E-state index contributed by atoms with van der Waals surface area (Å²) in [4.78, 5) is 13.6. The first-order valence-corrected chi connectivity index (χ1v) is 4.58. The molecule has 0 radical (unpaired) electrons. The normalized spacial score (nSPS) is 14.1. The Balaban J connectivity index is 1.99. The quantitative estimate of drug-likeness (QED) is 0.723. The largest absolute Gasteiger partial charge is 0.373 e. The molecule has 1 N–H and O–H groups in total. The van der Waals surface area contributed by atoms with Crippen molar-refractivity contribution in [1.29, 1.82) is 0 Å². The number of hydrogen-bond donors (Lipinski definition) is 1. The van der Waals surface area contributed by atoms with Crippen LogP contribution in [0.4, 0.5) is 0 Å². The van der Waals surface area contributed by atoms with Crippen LogP contribution in [-0.2, 0) is 0 Å². The molecule has 72 valence electrons. The Bertz CT molecular complexity index is 346. The molecule has 0 bridgehead atoms. The number of carbonyl (C=O) groups excluding carboxylic acids is 1. The second-order valence-corrected chi connectivity index (χ2v) is 3.21. The van der Waals surface area contributed by atoms with Crippen LogP contribution in [0.3, 0.4) is 0 Å². The van der Waals surface area contributed by atoms with Gasteiger partial charge in [-0.3, -0.25) is 4.79 Å². The molecule has 1 aromatic rings. The summed E-state index contributed by atoms with van der Waals surface area (Å²) in [7, 11) is 0. The van der Waals surface area contributed by atoms with Crippen molar-refractivity contribution in [2.45, 2.75) is 0 Å². The highest BCUT2D eigenvalue weighted by Gasteiger charge is 2.10. The molecular formula is C11H12N2O. The molecule has 0 spiro atoms. The van der Waals surface area contributed by atoms with E-state index in [1.807, 2.05) is 47.6 Å². The first kappa shape index (κ1) is 8.81. The van der Waals surface area contributed by atoms with E-state index < -0.39 is 0 Å². The Morgan fingerprint density at radius 2 is 2.14 bits per heavy atom. The first-order valence-electron chi connectivity index (χ1n) is 4.58. The third-order valence-corrected chi connectivity index (χ3v) is 2.14. The third kappa shape index (κ3) is 1.93. The number of rotatable bonds is 3. The summed E-state index contributed by atoms with van der Waals surface area (Å²) in [6.45, 7) is 1.16. The lowest BCUT2D eigenvalue weighted by Gasteiger charge is -2.13. The number of ketones is 1. The molecule has 0 aromatic heterocycles. The highest BCUT2D eigenvalue weighted by Crippen LogP contribution is 2.03. The molecule has 0 atom stereocenters. The maximum absolute atomic E-state index is 11.7. The Kier molecular flexibility index (Phi) is 2.49. The van der Waals surface area contributed by atoms with Gasteiger partial charge in [0.25, 0.3) is 0 Å². The molecule has 1 heterocycles. The molecule has 3 nitrogen and oxygen atoms in total. The zero-order valence-corrected chi connectivity index (χ0v) is 7.81. The summed E-state index contributed by atoms with van der Waals surface area (Å²) < 4.78 is 0. The zero-order valence-electron chi connectivity index (χ0n) is 7.81. The van der Waals surface area contributed by atoms with Gasteiger partial charge in [-0.15, -0.1) is 0 Å². The predicted octanol–water partition coefficient (Wildman–Crippen LogP) is 1.20. The Hall–Kier alpha value is -1.77. The van der Waals surface area contributed by atoms with Gasteiger partial charge in [-0.2, -0.15) is 0 Å². The number of Topliss-reactive ketones (excluding diaryl/α,β-unsaturated/α-hetero) is 1. The third-order valence-electron chi connectivity index (χ3n) is 2.14. The maximum atomic E-state index is 11.7. The number of benzene rings is 1. The van der Waals surface area contributed by atoms with Crippen LogP contribution in [-0.4, -0.2) is 23.9 Å². The lowest BCUT2D eigenvalue weighted by Crippen LogP contribution is -2.26. The summed E-state index contributed by atoms with van der Waals surface area (Å²) >= 11 is 0. The minimum Gasteiger partial charge on any atom is -0.373 e. The second kappa shape index (κ2) is 3.96.